The minimum absolute atomic E-state index is 0.0146. The fourth-order valence-corrected chi connectivity index (χ4v) is 4.85. The van der Waals surface area contributed by atoms with Crippen molar-refractivity contribution in [3.8, 4) is 5.69 Å². The lowest BCUT2D eigenvalue weighted by atomic mass is 10.2. The number of hydrogen-bond donors (Lipinski definition) is 2. The number of nitrogens with one attached hydrogen (secondary N) is 2. The number of carbonyl (C=O) groups excluding carboxylic acids is 1. The molecule has 1 atom stereocenters. The van der Waals surface area contributed by atoms with Crippen LogP contribution >= 0.6 is 22.9 Å². The Morgan fingerprint density at radius 3 is 2.90 bits per heavy atom. The van der Waals surface area contributed by atoms with E-state index in [0.29, 0.717) is 9.90 Å². The van der Waals surface area contributed by atoms with Crippen LogP contribution in [0.5, 0.6) is 0 Å². The molecule has 158 valence electrons. The van der Waals surface area contributed by atoms with Gasteiger partial charge in [-0.2, -0.15) is 5.10 Å². The van der Waals surface area contributed by atoms with Crippen molar-refractivity contribution in [2.24, 2.45) is 0 Å². The first kappa shape index (κ1) is 20.1. The third-order valence-electron chi connectivity index (χ3n) is 5.50. The summed E-state index contributed by atoms with van der Waals surface area (Å²) in [5.74, 6) is -0.0146. The van der Waals surface area contributed by atoms with E-state index in [1.54, 1.807) is 0 Å². The number of anilines is 2. The van der Waals surface area contributed by atoms with Gasteiger partial charge in [0.25, 0.3) is 5.91 Å². The van der Waals surface area contributed by atoms with Crippen molar-refractivity contribution in [2.45, 2.75) is 12.5 Å². The van der Waals surface area contributed by atoms with Gasteiger partial charge in [0.15, 0.2) is 0 Å². The maximum absolute atomic E-state index is 12.6. The average Bonchev–Trinajstić information content (AvgIpc) is 3.49. The maximum Gasteiger partial charge on any atom is 0.261 e. The number of thiophene rings is 1. The average molecular weight is 452 g/mol. The first-order valence-corrected chi connectivity index (χ1v) is 11.4. The summed E-state index contributed by atoms with van der Waals surface area (Å²) in [5.41, 5.74) is 3.66. The fraction of sp³-hybridized carbons (Fsp3) is 0.217. The van der Waals surface area contributed by atoms with Crippen molar-refractivity contribution in [1.29, 1.82) is 0 Å². The van der Waals surface area contributed by atoms with Crippen LogP contribution in [0.15, 0.2) is 60.1 Å². The summed E-state index contributed by atoms with van der Waals surface area (Å²) >= 11 is 7.69. The molecule has 5 rings (SSSR count). The second-order valence-electron chi connectivity index (χ2n) is 7.83. The number of hydrogen-bond acceptors (Lipinski definition) is 5. The Hall–Kier alpha value is -2.87. The summed E-state index contributed by atoms with van der Waals surface area (Å²) in [6, 6.07) is 15.8. The lowest BCUT2D eigenvalue weighted by molar-refractivity contribution is 0.0942. The van der Waals surface area contributed by atoms with Gasteiger partial charge in [0, 0.05) is 29.0 Å². The molecule has 8 heteroatoms. The molecule has 0 spiro atoms. The van der Waals surface area contributed by atoms with E-state index < -0.39 is 0 Å². The number of likely N-dealkylation sites (N-methyl/N-ethyl adjacent to an activating group) is 1. The Kier molecular flexibility index (Phi) is 5.40. The monoisotopic (exact) mass is 451 g/mol. The van der Waals surface area contributed by atoms with Gasteiger partial charge in [-0.1, -0.05) is 23.7 Å². The van der Waals surface area contributed by atoms with E-state index in [4.69, 9.17) is 11.6 Å². The van der Waals surface area contributed by atoms with Gasteiger partial charge in [-0.15, -0.1) is 11.3 Å². The summed E-state index contributed by atoms with van der Waals surface area (Å²) in [7, 11) is 2.08. The summed E-state index contributed by atoms with van der Waals surface area (Å²) in [5, 5.41) is 14.7. The zero-order valence-corrected chi connectivity index (χ0v) is 18.6. The zero-order valence-electron chi connectivity index (χ0n) is 17.0. The Morgan fingerprint density at radius 2 is 2.10 bits per heavy atom. The van der Waals surface area contributed by atoms with Gasteiger partial charge in [0.1, 0.15) is 0 Å². The molecule has 0 saturated carbocycles. The molecular weight excluding hydrogens is 430 g/mol. The first-order valence-electron chi connectivity index (χ1n) is 10.1. The van der Waals surface area contributed by atoms with Crippen LogP contribution in [0.25, 0.3) is 16.6 Å². The smallest absolute Gasteiger partial charge is 0.261 e. The number of fused-ring (bicyclic) bond motifs is 1. The predicted molar refractivity (Wildman–Crippen MR) is 127 cm³/mol. The van der Waals surface area contributed by atoms with Gasteiger partial charge in [-0.25, -0.2) is 4.68 Å². The Labute approximate surface area is 189 Å². The Balaban J connectivity index is 1.35. The number of aromatic nitrogens is 2. The highest BCUT2D eigenvalue weighted by Crippen LogP contribution is 2.29. The highest BCUT2D eigenvalue weighted by Gasteiger charge is 2.22. The van der Waals surface area contributed by atoms with Crippen molar-refractivity contribution in [2.75, 3.05) is 25.5 Å². The second-order valence-corrected chi connectivity index (χ2v) is 9.14. The van der Waals surface area contributed by atoms with Crippen LogP contribution in [0.3, 0.4) is 0 Å². The van der Waals surface area contributed by atoms with Gasteiger partial charge in [-0.05, 0) is 56.4 Å². The topological polar surface area (TPSA) is 62.2 Å². The molecule has 0 bridgehead atoms. The molecule has 1 amide bonds. The number of rotatable bonds is 5. The number of carbonyl (C=O) groups is 1. The zero-order chi connectivity index (χ0) is 21.4. The predicted octanol–water partition coefficient (Wildman–Crippen LogP) is 4.92. The van der Waals surface area contributed by atoms with E-state index in [9.17, 15) is 4.79 Å². The van der Waals surface area contributed by atoms with Crippen LogP contribution in [0.4, 0.5) is 11.4 Å². The van der Waals surface area contributed by atoms with E-state index in [-0.39, 0.29) is 11.9 Å². The molecule has 31 heavy (non-hydrogen) atoms. The Morgan fingerprint density at radius 1 is 1.23 bits per heavy atom. The van der Waals surface area contributed by atoms with E-state index in [1.807, 2.05) is 64.8 Å². The summed E-state index contributed by atoms with van der Waals surface area (Å²) in [6.07, 6.45) is 2.83. The molecule has 0 radical (unpaired) electrons. The lowest BCUT2D eigenvalue weighted by Gasteiger charge is -2.11. The summed E-state index contributed by atoms with van der Waals surface area (Å²) in [6.45, 7) is 1.92. The summed E-state index contributed by atoms with van der Waals surface area (Å²) < 4.78 is 1.87. The fourth-order valence-electron chi connectivity index (χ4n) is 3.90. The van der Waals surface area contributed by atoms with E-state index in [0.717, 1.165) is 47.5 Å². The molecule has 2 aromatic carbocycles. The minimum Gasteiger partial charge on any atom is -0.354 e. The lowest BCUT2D eigenvalue weighted by Crippen LogP contribution is -2.36. The van der Waals surface area contributed by atoms with Gasteiger partial charge in [0.2, 0.25) is 0 Å². The molecule has 1 fully saturated rings. The molecule has 6 nitrogen and oxygen atoms in total. The van der Waals surface area contributed by atoms with Crippen LogP contribution in [0, 0.1) is 0 Å². The van der Waals surface area contributed by atoms with E-state index in [1.165, 1.54) is 11.3 Å². The highest BCUT2D eigenvalue weighted by atomic mass is 35.5. The molecule has 2 N–H and O–H groups in total. The number of halogens is 1. The van der Waals surface area contributed by atoms with Crippen molar-refractivity contribution >= 4 is 51.1 Å². The van der Waals surface area contributed by atoms with Gasteiger partial charge in [0.05, 0.1) is 33.0 Å². The highest BCUT2D eigenvalue weighted by molar-refractivity contribution is 7.12. The number of para-hydroxylation sites is 1. The molecule has 4 aromatic rings. The molecule has 3 heterocycles. The third kappa shape index (κ3) is 4.17. The van der Waals surface area contributed by atoms with Crippen LogP contribution in [0.2, 0.25) is 5.02 Å². The van der Waals surface area contributed by atoms with Crippen molar-refractivity contribution < 1.29 is 4.79 Å². The van der Waals surface area contributed by atoms with E-state index in [2.05, 4.69) is 27.7 Å². The molecule has 1 aliphatic heterocycles. The largest absolute Gasteiger partial charge is 0.354 e. The molecule has 1 saturated heterocycles. The van der Waals surface area contributed by atoms with E-state index >= 15 is 0 Å². The molecule has 2 aromatic heterocycles. The Bertz CT molecular complexity index is 1250. The first-order chi connectivity index (χ1) is 15.1. The SMILES string of the molecule is CN1CCC(NC(=O)c2cc(-n3ncc4cc(Nc5ccccc5Cl)ccc43)cs2)C1. The third-order valence-corrected chi connectivity index (χ3v) is 6.75. The minimum atomic E-state index is -0.0146. The van der Waals surface area contributed by atoms with Crippen LogP contribution in [0.1, 0.15) is 16.1 Å². The maximum atomic E-state index is 12.6. The van der Waals surface area contributed by atoms with Gasteiger partial charge >= 0.3 is 0 Å². The summed E-state index contributed by atoms with van der Waals surface area (Å²) in [4.78, 5) is 15.6. The van der Waals surface area contributed by atoms with Crippen molar-refractivity contribution in [3.05, 3.63) is 70.0 Å². The van der Waals surface area contributed by atoms with Crippen molar-refractivity contribution in [3.63, 3.8) is 0 Å². The second kappa shape index (κ2) is 8.34. The number of benzene rings is 2. The normalized spacial score (nSPS) is 16.6. The quantitative estimate of drug-likeness (QED) is 0.452. The molecule has 1 unspecified atom stereocenters. The molecule has 1 aliphatic rings. The molecular formula is C23H22ClN5OS. The van der Waals surface area contributed by atoms with Gasteiger partial charge in [-0.3, -0.25) is 4.79 Å². The number of nitrogens with zero attached hydrogens (tertiary/aromatic N) is 3. The standard InChI is InChI=1S/C23H22ClN5OS/c1-28-9-8-17(13-28)27-23(30)22-11-18(14-31-22)29-21-7-6-16(10-15(21)12-25-29)26-20-5-3-2-4-19(20)24/h2-7,10-12,14,17,26H,8-9,13H2,1H3,(H,27,30). The van der Waals surface area contributed by atoms with Crippen LogP contribution in [-0.4, -0.2) is 46.8 Å². The van der Waals surface area contributed by atoms with Gasteiger partial charge < -0.3 is 15.5 Å². The van der Waals surface area contributed by atoms with Crippen LogP contribution in [-0.2, 0) is 0 Å². The number of amides is 1. The van der Waals surface area contributed by atoms with Crippen molar-refractivity contribution in [1.82, 2.24) is 20.0 Å². The number of likely N-dealkylation sites (tertiary alicyclic amines) is 1. The van der Waals surface area contributed by atoms with Crippen LogP contribution < -0.4 is 10.6 Å². The molecule has 0 aliphatic carbocycles.